The monoisotopic (exact) mass is 339 g/mol. The van der Waals surface area contributed by atoms with Crippen LogP contribution in [0.5, 0.6) is 5.75 Å². The number of aromatic nitrogens is 4. The Morgan fingerprint density at radius 3 is 2.48 bits per heavy atom. The standard InChI is InChI=1S/C18H21N5O2/c1-12(24)16-20-18(15-6-5-11-19-17(15)22(2)3)23(21-16)13-7-9-14(25-4)10-8-13/h5-12,24H,1-4H3. The van der Waals surface area contributed by atoms with E-state index >= 15 is 0 Å². The number of aliphatic hydroxyl groups is 1. The molecule has 0 saturated heterocycles. The molecule has 3 rings (SSSR count). The van der Waals surface area contributed by atoms with Crippen LogP contribution in [0.25, 0.3) is 17.1 Å². The van der Waals surface area contributed by atoms with E-state index in [1.807, 2.05) is 55.4 Å². The van der Waals surface area contributed by atoms with E-state index in [0.29, 0.717) is 11.6 Å². The Labute approximate surface area is 146 Å². The fourth-order valence-corrected chi connectivity index (χ4v) is 2.51. The van der Waals surface area contributed by atoms with E-state index in [2.05, 4.69) is 15.1 Å². The summed E-state index contributed by atoms with van der Waals surface area (Å²) in [5, 5.41) is 14.4. The molecule has 130 valence electrons. The number of methoxy groups -OCH3 is 1. The molecule has 3 aromatic rings. The molecule has 0 aliphatic carbocycles. The third-order valence-corrected chi connectivity index (χ3v) is 3.77. The summed E-state index contributed by atoms with van der Waals surface area (Å²) in [4.78, 5) is 10.9. The molecule has 2 heterocycles. The minimum Gasteiger partial charge on any atom is -0.497 e. The van der Waals surface area contributed by atoms with Gasteiger partial charge in [0.05, 0.1) is 18.4 Å². The van der Waals surface area contributed by atoms with E-state index < -0.39 is 6.10 Å². The van der Waals surface area contributed by atoms with Crippen molar-refractivity contribution in [2.24, 2.45) is 0 Å². The summed E-state index contributed by atoms with van der Waals surface area (Å²) in [6, 6.07) is 11.3. The lowest BCUT2D eigenvalue weighted by molar-refractivity contribution is 0.189. The van der Waals surface area contributed by atoms with Crippen molar-refractivity contribution in [2.75, 3.05) is 26.1 Å². The molecule has 7 nitrogen and oxygen atoms in total. The maximum Gasteiger partial charge on any atom is 0.179 e. The molecule has 0 saturated carbocycles. The Morgan fingerprint density at radius 1 is 1.16 bits per heavy atom. The molecule has 0 fully saturated rings. The molecule has 7 heteroatoms. The summed E-state index contributed by atoms with van der Waals surface area (Å²) in [5.41, 5.74) is 1.66. The first-order chi connectivity index (χ1) is 12.0. The number of anilines is 1. The maximum atomic E-state index is 9.93. The fourth-order valence-electron chi connectivity index (χ4n) is 2.51. The lowest BCUT2D eigenvalue weighted by atomic mass is 10.2. The second-order valence-electron chi connectivity index (χ2n) is 5.85. The number of pyridine rings is 1. The Hall–Kier alpha value is -2.93. The topological polar surface area (TPSA) is 76.3 Å². The van der Waals surface area contributed by atoms with Gasteiger partial charge in [-0.05, 0) is 43.3 Å². The van der Waals surface area contributed by atoms with Crippen molar-refractivity contribution < 1.29 is 9.84 Å². The van der Waals surface area contributed by atoms with Gasteiger partial charge in [-0.15, -0.1) is 5.10 Å². The Kier molecular flexibility index (Phi) is 4.67. The first-order valence-electron chi connectivity index (χ1n) is 7.93. The van der Waals surface area contributed by atoms with Crippen LogP contribution in [-0.2, 0) is 0 Å². The van der Waals surface area contributed by atoms with Gasteiger partial charge in [0, 0.05) is 20.3 Å². The van der Waals surface area contributed by atoms with Gasteiger partial charge in [-0.2, -0.15) is 0 Å². The second-order valence-corrected chi connectivity index (χ2v) is 5.85. The van der Waals surface area contributed by atoms with Crippen molar-refractivity contribution in [2.45, 2.75) is 13.0 Å². The zero-order valence-electron chi connectivity index (χ0n) is 14.7. The van der Waals surface area contributed by atoms with Gasteiger partial charge < -0.3 is 14.7 Å². The van der Waals surface area contributed by atoms with Crippen LogP contribution >= 0.6 is 0 Å². The Balaban J connectivity index is 2.19. The molecule has 0 aliphatic heterocycles. The average molecular weight is 339 g/mol. The van der Waals surface area contributed by atoms with Gasteiger partial charge in [0.25, 0.3) is 0 Å². The summed E-state index contributed by atoms with van der Waals surface area (Å²) < 4.78 is 6.93. The summed E-state index contributed by atoms with van der Waals surface area (Å²) in [6.07, 6.45) is 0.973. The molecule has 1 unspecified atom stereocenters. The molecule has 0 radical (unpaired) electrons. The molecule has 1 aromatic carbocycles. The number of rotatable bonds is 5. The Morgan fingerprint density at radius 2 is 1.88 bits per heavy atom. The summed E-state index contributed by atoms with van der Waals surface area (Å²) in [6.45, 7) is 1.65. The number of hydrogen-bond acceptors (Lipinski definition) is 6. The highest BCUT2D eigenvalue weighted by molar-refractivity contribution is 5.71. The largest absolute Gasteiger partial charge is 0.497 e. The summed E-state index contributed by atoms with van der Waals surface area (Å²) in [7, 11) is 5.48. The molecule has 1 atom stereocenters. The summed E-state index contributed by atoms with van der Waals surface area (Å²) >= 11 is 0. The summed E-state index contributed by atoms with van der Waals surface area (Å²) in [5.74, 6) is 2.52. The zero-order valence-corrected chi connectivity index (χ0v) is 14.7. The number of aliphatic hydroxyl groups excluding tert-OH is 1. The van der Waals surface area contributed by atoms with E-state index in [4.69, 9.17) is 4.74 Å². The van der Waals surface area contributed by atoms with E-state index in [9.17, 15) is 5.11 Å². The molecule has 0 bridgehead atoms. The lowest BCUT2D eigenvalue weighted by Crippen LogP contribution is -2.13. The molecule has 0 amide bonds. The highest BCUT2D eigenvalue weighted by Gasteiger charge is 2.20. The molecule has 0 aliphatic rings. The predicted molar refractivity (Wildman–Crippen MR) is 96.1 cm³/mol. The van der Waals surface area contributed by atoms with Crippen molar-refractivity contribution >= 4 is 5.82 Å². The van der Waals surface area contributed by atoms with Crippen LogP contribution in [0, 0.1) is 0 Å². The van der Waals surface area contributed by atoms with E-state index in [0.717, 1.165) is 22.8 Å². The highest BCUT2D eigenvalue weighted by atomic mass is 16.5. The molecule has 2 aromatic heterocycles. The smallest absolute Gasteiger partial charge is 0.179 e. The molecular formula is C18H21N5O2. The van der Waals surface area contributed by atoms with Crippen LogP contribution in [0.15, 0.2) is 42.6 Å². The fraction of sp³-hybridized carbons (Fsp3) is 0.278. The van der Waals surface area contributed by atoms with Crippen LogP contribution in [-0.4, -0.2) is 46.1 Å². The van der Waals surface area contributed by atoms with Crippen LogP contribution in [0.3, 0.4) is 0 Å². The van der Waals surface area contributed by atoms with Crippen molar-refractivity contribution in [3.8, 4) is 22.8 Å². The molecule has 0 spiro atoms. The quantitative estimate of drug-likeness (QED) is 0.769. The van der Waals surface area contributed by atoms with Crippen molar-refractivity contribution in [3.05, 3.63) is 48.4 Å². The first kappa shape index (κ1) is 16.9. The number of hydrogen-bond donors (Lipinski definition) is 1. The third-order valence-electron chi connectivity index (χ3n) is 3.77. The van der Waals surface area contributed by atoms with E-state index in [1.165, 1.54) is 0 Å². The minimum absolute atomic E-state index is 0.361. The van der Waals surface area contributed by atoms with Gasteiger partial charge in [0.2, 0.25) is 0 Å². The average Bonchev–Trinajstić information content (AvgIpc) is 3.07. The highest BCUT2D eigenvalue weighted by Crippen LogP contribution is 2.29. The molecular weight excluding hydrogens is 318 g/mol. The normalized spacial score (nSPS) is 12.0. The predicted octanol–water partition coefficient (Wildman–Crippen LogP) is 2.46. The lowest BCUT2D eigenvalue weighted by Gasteiger charge is -2.15. The van der Waals surface area contributed by atoms with Crippen molar-refractivity contribution in [1.82, 2.24) is 19.7 Å². The van der Waals surface area contributed by atoms with Gasteiger partial charge in [-0.3, -0.25) is 0 Å². The van der Waals surface area contributed by atoms with Crippen LogP contribution < -0.4 is 9.64 Å². The minimum atomic E-state index is -0.766. The molecule has 25 heavy (non-hydrogen) atoms. The van der Waals surface area contributed by atoms with Crippen molar-refractivity contribution in [1.29, 1.82) is 0 Å². The number of nitrogens with zero attached hydrogens (tertiary/aromatic N) is 5. The van der Waals surface area contributed by atoms with E-state index in [-0.39, 0.29) is 0 Å². The van der Waals surface area contributed by atoms with Gasteiger partial charge in [-0.25, -0.2) is 14.6 Å². The Bertz CT molecular complexity index is 856. The van der Waals surface area contributed by atoms with E-state index in [1.54, 1.807) is 24.9 Å². The van der Waals surface area contributed by atoms with Crippen LogP contribution in [0.4, 0.5) is 5.82 Å². The zero-order chi connectivity index (χ0) is 18.0. The maximum absolute atomic E-state index is 9.93. The van der Waals surface area contributed by atoms with Crippen LogP contribution in [0.2, 0.25) is 0 Å². The van der Waals surface area contributed by atoms with Gasteiger partial charge in [0.15, 0.2) is 11.6 Å². The SMILES string of the molecule is COc1ccc(-n2nc(C(C)O)nc2-c2cccnc2N(C)C)cc1. The first-order valence-corrected chi connectivity index (χ1v) is 7.93. The van der Waals surface area contributed by atoms with Crippen LogP contribution in [0.1, 0.15) is 18.9 Å². The van der Waals surface area contributed by atoms with Gasteiger partial charge in [0.1, 0.15) is 17.7 Å². The van der Waals surface area contributed by atoms with Gasteiger partial charge in [-0.1, -0.05) is 0 Å². The number of ether oxygens (including phenoxy) is 1. The third kappa shape index (κ3) is 3.32. The molecule has 1 N–H and O–H groups in total. The van der Waals surface area contributed by atoms with Gasteiger partial charge >= 0.3 is 0 Å². The second kappa shape index (κ2) is 6.90. The number of benzene rings is 1. The van der Waals surface area contributed by atoms with Crippen molar-refractivity contribution in [3.63, 3.8) is 0 Å².